The minimum absolute atomic E-state index is 0.533. The average Bonchev–Trinajstić information content (AvgIpc) is 3.68. The number of aromatic nitrogens is 3. The Labute approximate surface area is 329 Å². The van der Waals surface area contributed by atoms with E-state index in [9.17, 15) is 5.26 Å². The van der Waals surface area contributed by atoms with Crippen molar-refractivity contribution >= 4 is 21.9 Å². The van der Waals surface area contributed by atoms with E-state index in [0.29, 0.717) is 23.0 Å². The van der Waals surface area contributed by atoms with E-state index in [1.807, 2.05) is 103 Å². The predicted octanol–water partition coefficient (Wildman–Crippen LogP) is 12.9. The molecule has 0 spiro atoms. The Hall–Kier alpha value is -8.12. The third kappa shape index (κ3) is 6.36. The summed E-state index contributed by atoms with van der Waals surface area (Å²) in [5, 5.41) is 11.8. The summed E-state index contributed by atoms with van der Waals surface area (Å²) in [6.45, 7) is 0. The van der Waals surface area contributed by atoms with Crippen LogP contribution in [-0.4, -0.2) is 15.0 Å². The fourth-order valence-electron chi connectivity index (χ4n) is 7.41. The molecule has 8 aromatic carbocycles. The number of hydrogen-bond donors (Lipinski definition) is 0. The number of nitriles is 1. The van der Waals surface area contributed by atoms with Crippen LogP contribution in [0.2, 0.25) is 0 Å². The summed E-state index contributed by atoms with van der Waals surface area (Å²) in [6, 6.07) is 69.4. The van der Waals surface area contributed by atoms with Gasteiger partial charge in [0.15, 0.2) is 17.5 Å². The number of rotatable bonds is 7. The van der Waals surface area contributed by atoms with Gasteiger partial charge in [0.1, 0.15) is 11.2 Å². The molecule has 0 bridgehead atoms. The smallest absolute Gasteiger partial charge is 0.164 e. The molecule has 0 N–H and O–H groups in total. The lowest BCUT2D eigenvalue weighted by atomic mass is 9.96. The van der Waals surface area contributed by atoms with Crippen LogP contribution in [0, 0.1) is 23.5 Å². The van der Waals surface area contributed by atoms with Crippen molar-refractivity contribution in [2.45, 2.75) is 0 Å². The maximum absolute atomic E-state index is 9.70. The van der Waals surface area contributed by atoms with Crippen molar-refractivity contribution in [1.82, 2.24) is 15.0 Å². The van der Waals surface area contributed by atoms with Crippen molar-refractivity contribution < 1.29 is 4.42 Å². The summed E-state index contributed by atoms with van der Waals surface area (Å²) in [5.74, 6) is 1.63. The Balaban J connectivity index is 1.06. The molecule has 0 saturated carbocycles. The maximum atomic E-state index is 9.70. The monoisotopic (exact) mass is 726 g/mol. The number of fused-ring (bicyclic) bond motifs is 3. The normalized spacial score (nSPS) is 11.0. The second kappa shape index (κ2) is 14.3. The highest BCUT2D eigenvalue weighted by atomic mass is 16.3. The van der Waals surface area contributed by atoms with Gasteiger partial charge < -0.3 is 4.42 Å². The minimum Gasteiger partial charge on any atom is -0.456 e. The lowest BCUT2D eigenvalue weighted by Crippen LogP contribution is -2.00. The van der Waals surface area contributed by atoms with Gasteiger partial charge in [-0.15, -0.1) is 0 Å². The molecule has 5 nitrogen and oxygen atoms in total. The minimum atomic E-state index is 0.533. The van der Waals surface area contributed by atoms with E-state index in [-0.39, 0.29) is 0 Å². The second-order valence-electron chi connectivity index (χ2n) is 13.8. The predicted molar refractivity (Wildman–Crippen MR) is 228 cm³/mol. The average molecular weight is 727 g/mol. The zero-order valence-electron chi connectivity index (χ0n) is 30.5. The molecule has 0 fully saturated rings. The van der Waals surface area contributed by atoms with Crippen LogP contribution >= 0.6 is 0 Å². The van der Waals surface area contributed by atoms with Crippen molar-refractivity contribution in [1.29, 1.82) is 5.26 Å². The standard InChI is InChI=1S/C52H30N4O/c53-33-43-14-7-8-15-44(43)38-24-28-41(29-25-38)51-54-50(40-26-20-37(21-27-40)35-12-5-2-6-13-35)55-52(56-51)42-30-31-46-48(32-42)57-47-17-9-16-45(49(46)47)39-22-18-36(19-23-39)34-10-3-1-4-11-34/h1,3-5,7-32H. The Morgan fingerprint density at radius 3 is 1.63 bits per heavy atom. The molecule has 0 atom stereocenters. The fraction of sp³-hybridized carbons (Fsp3) is 0. The van der Waals surface area contributed by atoms with Gasteiger partial charge in [0.05, 0.1) is 11.6 Å². The Kier molecular flexibility index (Phi) is 8.37. The summed E-state index contributed by atoms with van der Waals surface area (Å²) < 4.78 is 6.53. The number of benzene rings is 7. The summed E-state index contributed by atoms with van der Waals surface area (Å²) in [7, 11) is 0. The number of nitrogens with zero attached hydrogens (tertiary/aromatic N) is 4. The third-order valence-corrected chi connectivity index (χ3v) is 10.3. The summed E-state index contributed by atoms with van der Waals surface area (Å²) in [5.41, 5.74) is 13.2. The molecule has 10 aromatic rings. The summed E-state index contributed by atoms with van der Waals surface area (Å²) in [4.78, 5) is 15.1. The van der Waals surface area contributed by atoms with Crippen molar-refractivity contribution in [3.8, 4) is 84.7 Å². The molecule has 0 radical (unpaired) electrons. The summed E-state index contributed by atoms with van der Waals surface area (Å²) in [6.07, 6.45) is 0. The van der Waals surface area contributed by atoms with E-state index in [0.717, 1.165) is 72.0 Å². The molecule has 0 aliphatic carbocycles. The molecule has 264 valence electrons. The second-order valence-corrected chi connectivity index (χ2v) is 13.8. The number of furan rings is 1. The highest BCUT2D eigenvalue weighted by Crippen LogP contribution is 2.39. The lowest BCUT2D eigenvalue weighted by molar-refractivity contribution is 0.669. The Morgan fingerprint density at radius 1 is 0.421 bits per heavy atom. The third-order valence-electron chi connectivity index (χ3n) is 10.3. The van der Waals surface area contributed by atoms with E-state index in [4.69, 9.17) is 19.4 Å². The van der Waals surface area contributed by atoms with E-state index in [2.05, 4.69) is 97.1 Å². The first-order chi connectivity index (χ1) is 28.2. The van der Waals surface area contributed by atoms with Crippen LogP contribution in [0.5, 0.6) is 0 Å². The first kappa shape index (κ1) is 33.4. The zero-order chi connectivity index (χ0) is 38.1. The molecule has 0 aliphatic heterocycles. The molecule has 10 rings (SSSR count). The lowest BCUT2D eigenvalue weighted by Gasteiger charge is -2.10. The molecule has 2 heterocycles. The largest absolute Gasteiger partial charge is 0.456 e. The van der Waals surface area contributed by atoms with Gasteiger partial charge in [-0.25, -0.2) is 15.0 Å². The van der Waals surface area contributed by atoms with Crippen LogP contribution in [0.3, 0.4) is 0 Å². The van der Waals surface area contributed by atoms with Crippen LogP contribution in [0.25, 0.3) is 101 Å². The van der Waals surface area contributed by atoms with Crippen molar-refractivity contribution in [2.24, 2.45) is 0 Å². The van der Waals surface area contributed by atoms with Gasteiger partial charge in [0, 0.05) is 27.5 Å². The highest BCUT2D eigenvalue weighted by molar-refractivity contribution is 6.13. The van der Waals surface area contributed by atoms with E-state index in [1.165, 1.54) is 11.1 Å². The maximum Gasteiger partial charge on any atom is 0.164 e. The van der Waals surface area contributed by atoms with Gasteiger partial charge in [-0.2, -0.15) is 5.26 Å². The van der Waals surface area contributed by atoms with E-state index in [1.54, 1.807) is 0 Å². The van der Waals surface area contributed by atoms with Gasteiger partial charge in [-0.05, 0) is 87.0 Å². The zero-order valence-corrected chi connectivity index (χ0v) is 30.5. The van der Waals surface area contributed by atoms with Crippen molar-refractivity contribution in [3.05, 3.63) is 200 Å². The van der Waals surface area contributed by atoms with Gasteiger partial charge in [0.2, 0.25) is 0 Å². The number of hydrogen-bond acceptors (Lipinski definition) is 5. The fourth-order valence-corrected chi connectivity index (χ4v) is 7.41. The van der Waals surface area contributed by atoms with Crippen LogP contribution in [0.15, 0.2) is 186 Å². The highest BCUT2D eigenvalue weighted by Gasteiger charge is 2.17. The van der Waals surface area contributed by atoms with Crippen molar-refractivity contribution in [2.75, 3.05) is 0 Å². The molecule has 0 saturated heterocycles. The Morgan fingerprint density at radius 2 is 0.965 bits per heavy atom. The van der Waals surface area contributed by atoms with Gasteiger partial charge in [0.25, 0.3) is 0 Å². The van der Waals surface area contributed by atoms with Crippen molar-refractivity contribution in [3.63, 3.8) is 0 Å². The van der Waals surface area contributed by atoms with Crippen LogP contribution in [-0.2, 0) is 0 Å². The SMILES string of the molecule is N#Cc1ccccc1-c1ccc(-c2nc(-c3ccc(-c4cc#ccc4)cc3)nc(-c3ccc4c(c3)oc3cccc(-c5ccc(-c6ccccc6)cc5)c34)n2)cc1. The van der Waals surface area contributed by atoms with Gasteiger partial charge >= 0.3 is 0 Å². The van der Waals surface area contributed by atoms with Gasteiger partial charge in [-0.3, -0.25) is 0 Å². The van der Waals surface area contributed by atoms with E-state index >= 15 is 0 Å². The molecule has 0 aliphatic rings. The first-order valence-corrected chi connectivity index (χ1v) is 18.6. The molecule has 0 amide bonds. The van der Waals surface area contributed by atoms with Crippen LogP contribution in [0.4, 0.5) is 0 Å². The molecule has 57 heavy (non-hydrogen) atoms. The van der Waals surface area contributed by atoms with E-state index < -0.39 is 0 Å². The van der Waals surface area contributed by atoms with Crippen LogP contribution < -0.4 is 0 Å². The molecule has 2 aromatic heterocycles. The molecular formula is C52H30N4O. The van der Waals surface area contributed by atoms with Crippen LogP contribution in [0.1, 0.15) is 5.56 Å². The summed E-state index contributed by atoms with van der Waals surface area (Å²) >= 11 is 0. The first-order valence-electron chi connectivity index (χ1n) is 18.6. The quantitative estimate of drug-likeness (QED) is 0.163. The Bertz CT molecular complexity index is 3090. The molecule has 5 heteroatoms. The molecular weight excluding hydrogens is 697 g/mol. The molecule has 0 unspecified atom stereocenters. The van der Waals surface area contributed by atoms with Gasteiger partial charge in [-0.1, -0.05) is 152 Å². The topological polar surface area (TPSA) is 75.6 Å².